The van der Waals surface area contributed by atoms with E-state index in [1.165, 1.54) is 30.5 Å². The maximum atomic E-state index is 14.2. The molecule has 12 nitrogen and oxygen atoms in total. The number of nitrogens with one attached hydrogen (secondary N) is 1. The second-order valence-electron chi connectivity index (χ2n) is 11.0. The third-order valence-corrected chi connectivity index (χ3v) is 10.3. The zero-order chi connectivity index (χ0) is 29.8. The number of hydrogen-bond acceptors (Lipinski definition) is 8. The van der Waals surface area contributed by atoms with Crippen LogP contribution in [0.15, 0.2) is 36.5 Å². The second-order valence-corrected chi connectivity index (χ2v) is 13.7. The lowest BCUT2D eigenvalue weighted by atomic mass is 9.94. The first kappa shape index (κ1) is 28.7. The van der Waals surface area contributed by atoms with Crippen molar-refractivity contribution in [2.45, 2.75) is 62.1 Å². The molecule has 0 bridgehead atoms. The molecule has 0 spiro atoms. The number of aromatic hydroxyl groups is 1. The van der Waals surface area contributed by atoms with E-state index in [4.69, 9.17) is 0 Å². The van der Waals surface area contributed by atoms with Crippen LogP contribution >= 0.6 is 18.9 Å². The monoisotopic (exact) mass is 617 g/mol. The number of aromatic nitrogens is 2. The van der Waals surface area contributed by atoms with Crippen molar-refractivity contribution in [1.29, 1.82) is 0 Å². The highest BCUT2D eigenvalue weighted by molar-refractivity contribution is 7.51. The molecule has 15 heteroatoms. The van der Waals surface area contributed by atoms with Crippen LogP contribution in [-0.2, 0) is 14.2 Å². The van der Waals surface area contributed by atoms with Gasteiger partial charge in [-0.1, -0.05) is 6.07 Å². The summed E-state index contributed by atoms with van der Waals surface area (Å²) in [6.45, 7) is 0.868. The van der Waals surface area contributed by atoms with Crippen LogP contribution in [0.4, 0.5) is 4.39 Å². The summed E-state index contributed by atoms with van der Waals surface area (Å²) in [5, 5.41) is 12.8. The normalized spacial score (nSPS) is 23.8. The van der Waals surface area contributed by atoms with Crippen LogP contribution in [0.5, 0.6) is 6.01 Å². The number of carbonyl (C=O) groups is 3. The smallest absolute Gasteiger partial charge is 0.363 e. The number of hydrogen-bond donors (Lipinski definition) is 4. The molecule has 2 aromatic heterocycles. The zero-order valence-corrected chi connectivity index (χ0v) is 24.0. The maximum absolute atomic E-state index is 14.2. The van der Waals surface area contributed by atoms with Crippen molar-refractivity contribution in [2.24, 2.45) is 0 Å². The molecular weight excluding hydrogens is 588 g/mol. The van der Waals surface area contributed by atoms with Gasteiger partial charge in [0.05, 0.1) is 10.6 Å². The van der Waals surface area contributed by atoms with Crippen molar-refractivity contribution in [2.75, 3.05) is 13.1 Å². The third-order valence-electron chi connectivity index (χ3n) is 8.29. The number of amides is 3. The summed E-state index contributed by atoms with van der Waals surface area (Å²) in [5.74, 6) is -3.38. The number of alkyl halides is 1. The highest BCUT2D eigenvalue weighted by Gasteiger charge is 2.47. The fourth-order valence-electron chi connectivity index (χ4n) is 6.13. The maximum Gasteiger partial charge on any atom is 0.363 e. The average molecular weight is 618 g/mol. The Morgan fingerprint density at radius 3 is 2.64 bits per heavy atom. The molecule has 1 aromatic carbocycles. The first-order chi connectivity index (χ1) is 20.0. The first-order valence-electron chi connectivity index (χ1n) is 13.7. The molecule has 3 saturated heterocycles. The molecule has 3 fully saturated rings. The SMILES string of the molecule is O=C(N[C@H]1CCC[C@H]2CC[C@@H](C(=O)N3CC(c4ccnc(O)n4)C3)N2C1=O)c1cc2cc(C(F)P(=O)(O)O)ccc2s1. The minimum absolute atomic E-state index is 0.0168. The van der Waals surface area contributed by atoms with Crippen molar-refractivity contribution in [3.63, 3.8) is 0 Å². The van der Waals surface area contributed by atoms with Gasteiger partial charge in [0, 0.05) is 35.9 Å². The molecule has 3 aromatic rings. The van der Waals surface area contributed by atoms with E-state index in [0.29, 0.717) is 54.6 Å². The predicted octanol–water partition coefficient (Wildman–Crippen LogP) is 2.81. The van der Waals surface area contributed by atoms with Crippen LogP contribution in [0.25, 0.3) is 10.1 Å². The average Bonchev–Trinajstić information content (AvgIpc) is 3.51. The molecule has 4 N–H and O–H groups in total. The molecule has 42 heavy (non-hydrogen) atoms. The molecule has 5 heterocycles. The Hall–Kier alpha value is -3.45. The molecule has 3 aliphatic heterocycles. The number of likely N-dealkylation sites (tertiary alicyclic amines) is 1. The number of halogens is 1. The lowest BCUT2D eigenvalue weighted by Gasteiger charge is -2.42. The number of rotatable bonds is 6. The van der Waals surface area contributed by atoms with E-state index < -0.39 is 31.5 Å². The van der Waals surface area contributed by atoms with Crippen LogP contribution in [-0.4, -0.2) is 83.6 Å². The lowest BCUT2D eigenvalue weighted by Crippen LogP contribution is -2.58. The van der Waals surface area contributed by atoms with Gasteiger partial charge in [0.2, 0.25) is 17.7 Å². The van der Waals surface area contributed by atoms with E-state index in [1.807, 2.05) is 0 Å². The van der Waals surface area contributed by atoms with Gasteiger partial charge in [-0.05, 0) is 67.3 Å². The molecule has 1 unspecified atom stereocenters. The summed E-state index contributed by atoms with van der Waals surface area (Å²) < 4.78 is 26.1. The van der Waals surface area contributed by atoms with E-state index in [0.717, 1.165) is 17.8 Å². The van der Waals surface area contributed by atoms with Crippen LogP contribution in [0.3, 0.4) is 0 Å². The van der Waals surface area contributed by atoms with Crippen LogP contribution in [0.2, 0.25) is 0 Å². The Kier molecular flexibility index (Phi) is 7.50. The van der Waals surface area contributed by atoms with Gasteiger partial charge in [-0.3, -0.25) is 18.9 Å². The van der Waals surface area contributed by atoms with E-state index in [2.05, 4.69) is 15.3 Å². The van der Waals surface area contributed by atoms with E-state index >= 15 is 0 Å². The Bertz CT molecular complexity index is 1610. The van der Waals surface area contributed by atoms with Crippen LogP contribution in [0.1, 0.15) is 64.9 Å². The number of carbonyl (C=O) groups excluding carboxylic acids is 3. The van der Waals surface area contributed by atoms with Crippen molar-refractivity contribution in [1.82, 2.24) is 25.1 Å². The highest BCUT2D eigenvalue weighted by Crippen LogP contribution is 2.53. The second kappa shape index (κ2) is 11.0. The van der Waals surface area contributed by atoms with E-state index in [-0.39, 0.29) is 40.2 Å². The minimum atomic E-state index is -4.98. The van der Waals surface area contributed by atoms with Crippen molar-refractivity contribution in [3.05, 3.63) is 52.7 Å². The Morgan fingerprint density at radius 2 is 1.90 bits per heavy atom. The van der Waals surface area contributed by atoms with Gasteiger partial charge >= 0.3 is 13.6 Å². The van der Waals surface area contributed by atoms with Crippen LogP contribution in [0, 0.1) is 0 Å². The van der Waals surface area contributed by atoms with Gasteiger partial charge < -0.3 is 30.0 Å². The summed E-state index contributed by atoms with van der Waals surface area (Å²) in [7, 11) is -4.98. The summed E-state index contributed by atoms with van der Waals surface area (Å²) in [4.78, 5) is 70.1. The Balaban J connectivity index is 1.13. The van der Waals surface area contributed by atoms with Crippen molar-refractivity contribution in [3.8, 4) is 6.01 Å². The number of nitrogens with zero attached hydrogens (tertiary/aromatic N) is 4. The van der Waals surface area contributed by atoms with Crippen molar-refractivity contribution < 1.29 is 38.2 Å². The largest absolute Gasteiger partial charge is 0.479 e. The van der Waals surface area contributed by atoms with Gasteiger partial charge in [-0.15, -0.1) is 11.3 Å². The third kappa shape index (κ3) is 5.39. The molecule has 3 amide bonds. The standard InChI is InChI=1S/C27H29FN5O7PS/c28-23(41(38,39)40)14-4-7-21-15(10-14)11-22(42-21)24(34)30-19-3-1-2-17-5-6-20(33(17)25(19)35)26(36)32-12-16(13-32)18-8-9-29-27(37)31-18/h4,7-11,16-17,19-20,23H,1-3,5-6,12-13H2,(H,30,34)(H,29,31,37)(H2,38,39,40)/t17-,19-,20-,23?/m0/s1. The van der Waals surface area contributed by atoms with Gasteiger partial charge in [0.15, 0.2) is 0 Å². The fraction of sp³-hybridized carbons (Fsp3) is 0.444. The summed E-state index contributed by atoms with van der Waals surface area (Å²) in [5.41, 5.74) is 0.479. The highest BCUT2D eigenvalue weighted by atomic mass is 32.1. The minimum Gasteiger partial charge on any atom is -0.479 e. The summed E-state index contributed by atoms with van der Waals surface area (Å²) in [6, 6.07) is 5.50. The predicted molar refractivity (Wildman–Crippen MR) is 149 cm³/mol. The van der Waals surface area contributed by atoms with E-state index in [9.17, 15) is 38.2 Å². The van der Waals surface area contributed by atoms with Crippen LogP contribution < -0.4 is 5.32 Å². The Labute approximate surface area is 243 Å². The van der Waals surface area contributed by atoms with Gasteiger partial charge in [-0.25, -0.2) is 9.37 Å². The molecule has 0 saturated carbocycles. The van der Waals surface area contributed by atoms with Gasteiger partial charge in [0.25, 0.3) is 5.91 Å². The molecule has 222 valence electrons. The molecule has 3 aliphatic rings. The molecule has 6 rings (SSSR count). The number of thiophene rings is 1. The fourth-order valence-corrected chi connectivity index (χ4v) is 7.62. The van der Waals surface area contributed by atoms with Gasteiger partial charge in [-0.2, -0.15) is 4.98 Å². The summed E-state index contributed by atoms with van der Waals surface area (Å²) >= 11 is 1.13. The molecule has 0 radical (unpaired) electrons. The molecule has 4 atom stereocenters. The first-order valence-corrected chi connectivity index (χ1v) is 16.2. The lowest BCUT2D eigenvalue weighted by molar-refractivity contribution is -0.148. The van der Waals surface area contributed by atoms with Gasteiger partial charge in [0.1, 0.15) is 12.1 Å². The number of benzene rings is 1. The van der Waals surface area contributed by atoms with Crippen molar-refractivity contribution >= 4 is 46.7 Å². The molecular formula is C27H29FN5O7PS. The summed E-state index contributed by atoms with van der Waals surface area (Å²) in [6.07, 6.45) is 4.60. The molecule has 0 aliphatic carbocycles. The quantitative estimate of drug-likeness (QED) is 0.304. The zero-order valence-electron chi connectivity index (χ0n) is 22.3. The topological polar surface area (TPSA) is 173 Å². The van der Waals surface area contributed by atoms with E-state index in [1.54, 1.807) is 15.9 Å². The number of fused-ring (bicyclic) bond motifs is 2. The Morgan fingerprint density at radius 1 is 1.12 bits per heavy atom.